The molecular formula is C37H38N2O6S. The zero-order chi connectivity index (χ0) is 33.1. The van der Waals surface area contributed by atoms with Crippen molar-refractivity contribution < 1.29 is 27.0 Å². The molecule has 1 aliphatic carbocycles. The van der Waals surface area contributed by atoms with E-state index in [4.69, 9.17) is 8.97 Å². The number of fused-ring (bicyclic) bond motifs is 1. The minimum Gasteiger partial charge on any atom is -0.440 e. The molecule has 2 amide bonds. The fourth-order valence-corrected chi connectivity index (χ4v) is 5.82. The molecule has 0 saturated carbocycles. The summed E-state index contributed by atoms with van der Waals surface area (Å²) in [5.74, 6) is -0.165. The first kappa shape index (κ1) is 32.7. The van der Waals surface area contributed by atoms with E-state index in [0.29, 0.717) is 29.3 Å². The molecule has 0 spiro atoms. The van der Waals surface area contributed by atoms with Crippen molar-refractivity contribution in [3.8, 4) is 11.3 Å². The van der Waals surface area contributed by atoms with E-state index in [1.54, 1.807) is 29.2 Å². The normalized spacial score (nSPS) is 13.2. The van der Waals surface area contributed by atoms with Gasteiger partial charge in [-0.1, -0.05) is 87.5 Å². The number of carbonyl (C=O) groups is 2. The highest BCUT2D eigenvalue weighted by atomic mass is 32.2. The van der Waals surface area contributed by atoms with Gasteiger partial charge in [0.05, 0.1) is 16.9 Å². The van der Waals surface area contributed by atoms with Gasteiger partial charge in [0.25, 0.3) is 16.0 Å². The fraction of sp³-hybridized carbons (Fsp3) is 0.243. The Morgan fingerprint density at radius 3 is 2.07 bits per heavy atom. The Morgan fingerprint density at radius 1 is 0.783 bits per heavy atom. The van der Waals surface area contributed by atoms with Crippen LogP contribution in [0.5, 0.6) is 0 Å². The van der Waals surface area contributed by atoms with Crippen LogP contribution in [0, 0.1) is 0 Å². The molecule has 0 radical (unpaired) electrons. The van der Waals surface area contributed by atoms with Gasteiger partial charge in [-0.15, -0.1) is 0 Å². The average Bonchev–Trinajstić information content (AvgIpc) is 3.49. The maximum absolute atomic E-state index is 15.0. The molecule has 1 atom stereocenters. The Balaban J connectivity index is 1.54. The van der Waals surface area contributed by atoms with E-state index in [9.17, 15) is 13.2 Å². The molecule has 2 aliphatic rings. The lowest BCUT2D eigenvalue weighted by Crippen LogP contribution is -2.45. The third-order valence-electron chi connectivity index (χ3n) is 8.15. The number of nitrogens with one attached hydrogen (secondary N) is 1. The van der Waals surface area contributed by atoms with E-state index < -0.39 is 27.2 Å². The lowest BCUT2D eigenvalue weighted by atomic mass is 9.74. The second kappa shape index (κ2) is 12.9. The molecule has 46 heavy (non-hydrogen) atoms. The van der Waals surface area contributed by atoms with Crippen LogP contribution >= 0.6 is 0 Å². The van der Waals surface area contributed by atoms with Crippen LogP contribution in [-0.2, 0) is 32.2 Å². The summed E-state index contributed by atoms with van der Waals surface area (Å²) in [6, 6.07) is 33.9. The molecule has 0 aromatic heterocycles. The smallest absolute Gasteiger partial charge is 0.266 e. The lowest BCUT2D eigenvalue weighted by molar-refractivity contribution is -0.123. The third-order valence-corrected chi connectivity index (χ3v) is 8.87. The van der Waals surface area contributed by atoms with Crippen LogP contribution in [0.4, 0.5) is 11.6 Å². The monoisotopic (exact) mass is 638 g/mol. The molecule has 2 N–H and O–H groups in total. The zero-order valence-electron chi connectivity index (χ0n) is 26.4. The third kappa shape index (κ3) is 7.38. The summed E-state index contributed by atoms with van der Waals surface area (Å²) < 4.78 is 37.2. The van der Waals surface area contributed by atoms with E-state index >= 15 is 4.79 Å². The van der Waals surface area contributed by atoms with E-state index in [1.807, 2.05) is 79.7 Å². The highest BCUT2D eigenvalue weighted by Gasteiger charge is 2.41. The van der Waals surface area contributed by atoms with Gasteiger partial charge in [-0.25, -0.2) is 4.90 Å². The molecule has 0 saturated heterocycles. The van der Waals surface area contributed by atoms with E-state index in [2.05, 4.69) is 38.2 Å². The number of nitrogens with zero attached hydrogens (tertiary/aromatic N) is 1. The standard InChI is InChI=1S/C37H38N2O6S/c1-36(2,3)29-18-20-30(21-19-29)37(4,25-26-13-15-28(16-14-26)34(40)38-23-24-46(42,43)44)35(41)39(31-10-6-5-7-11-31)33-22-17-27-9-8-12-32(27)45-33/h5-22H,23-25H2,1-4H3,(H,38,40)(H,42,43,44). The van der Waals surface area contributed by atoms with Crippen LogP contribution in [-0.4, -0.2) is 37.1 Å². The molecule has 3 aromatic rings. The second-order valence-corrected chi connectivity index (χ2v) is 14.2. The van der Waals surface area contributed by atoms with Crippen LogP contribution in [0.1, 0.15) is 54.7 Å². The van der Waals surface area contributed by atoms with Crippen molar-refractivity contribution in [3.63, 3.8) is 0 Å². The number of carbonyl (C=O) groups excluding carboxylic acids is 2. The summed E-state index contributed by atoms with van der Waals surface area (Å²) in [6.45, 7) is 8.14. The fourth-order valence-electron chi connectivity index (χ4n) is 5.46. The first-order valence-corrected chi connectivity index (χ1v) is 16.7. The number of benzene rings is 3. The van der Waals surface area contributed by atoms with Gasteiger partial charge in [0.2, 0.25) is 11.8 Å². The van der Waals surface area contributed by atoms with Gasteiger partial charge in [0.1, 0.15) is 5.76 Å². The molecule has 9 heteroatoms. The van der Waals surface area contributed by atoms with Gasteiger partial charge in [0.15, 0.2) is 0 Å². The summed E-state index contributed by atoms with van der Waals surface area (Å²) in [7, 11) is -4.19. The van der Waals surface area contributed by atoms with Crippen LogP contribution in [0.15, 0.2) is 114 Å². The number of rotatable bonds is 10. The van der Waals surface area contributed by atoms with Crippen LogP contribution < -0.4 is 10.2 Å². The van der Waals surface area contributed by atoms with Crippen molar-refractivity contribution in [2.24, 2.45) is 0 Å². The molecule has 1 heterocycles. The minimum atomic E-state index is -4.19. The van der Waals surface area contributed by atoms with Gasteiger partial charge in [-0.2, -0.15) is 8.42 Å². The molecule has 0 bridgehead atoms. The van der Waals surface area contributed by atoms with Crippen molar-refractivity contribution in [2.45, 2.75) is 44.9 Å². The molecule has 238 valence electrons. The first-order chi connectivity index (χ1) is 21.7. The predicted octanol–water partition coefficient (Wildman–Crippen LogP) is 7.16. The Bertz CT molecular complexity index is 1890. The molecule has 3 aromatic carbocycles. The molecular weight excluding hydrogens is 600 g/mol. The minimum absolute atomic E-state index is 0.0688. The summed E-state index contributed by atoms with van der Waals surface area (Å²) in [5, 5.41) is 2.50. The van der Waals surface area contributed by atoms with E-state index in [-0.39, 0.29) is 17.9 Å². The van der Waals surface area contributed by atoms with Crippen molar-refractivity contribution in [2.75, 3.05) is 17.2 Å². The Hall–Kier alpha value is -4.73. The highest BCUT2D eigenvalue weighted by molar-refractivity contribution is 7.85. The van der Waals surface area contributed by atoms with Gasteiger partial charge in [-0.3, -0.25) is 14.1 Å². The van der Waals surface area contributed by atoms with Crippen LogP contribution in [0.2, 0.25) is 0 Å². The first-order valence-electron chi connectivity index (χ1n) is 15.1. The molecule has 8 nitrogen and oxygen atoms in total. The topological polar surface area (TPSA) is 117 Å². The summed E-state index contributed by atoms with van der Waals surface area (Å²) in [5.41, 5.74) is 3.59. The number of para-hydroxylation sites is 1. The number of anilines is 2. The lowest BCUT2D eigenvalue weighted by Gasteiger charge is -2.35. The Labute approximate surface area is 270 Å². The molecule has 1 aliphatic heterocycles. The Morgan fingerprint density at radius 2 is 1.43 bits per heavy atom. The summed E-state index contributed by atoms with van der Waals surface area (Å²) >= 11 is 0. The zero-order valence-corrected chi connectivity index (χ0v) is 27.2. The maximum atomic E-state index is 15.0. The summed E-state index contributed by atoms with van der Waals surface area (Å²) in [4.78, 5) is 29.2. The van der Waals surface area contributed by atoms with E-state index in [0.717, 1.165) is 22.3 Å². The second-order valence-electron chi connectivity index (χ2n) is 12.7. The SMILES string of the molecule is CC(C)(C)c1ccc(C(C)(Cc2ccc(C(=O)NCCS(=O)(=O)O)cc2)C(=O)N(c2ccccc2)c2ccc3cccc-3o2)cc1. The maximum Gasteiger partial charge on any atom is 0.266 e. The quantitative estimate of drug-likeness (QED) is 0.157. The summed E-state index contributed by atoms with van der Waals surface area (Å²) in [6.07, 6.45) is 0.313. The van der Waals surface area contributed by atoms with Gasteiger partial charge >= 0.3 is 0 Å². The van der Waals surface area contributed by atoms with Crippen molar-refractivity contribution in [3.05, 3.63) is 131 Å². The van der Waals surface area contributed by atoms with Gasteiger partial charge in [0, 0.05) is 23.7 Å². The predicted molar refractivity (Wildman–Crippen MR) is 180 cm³/mol. The average molecular weight is 639 g/mol. The number of hydrogen-bond acceptors (Lipinski definition) is 5. The van der Waals surface area contributed by atoms with Crippen LogP contribution in [0.25, 0.3) is 11.3 Å². The molecule has 5 rings (SSSR count). The largest absolute Gasteiger partial charge is 0.440 e. The van der Waals surface area contributed by atoms with Crippen LogP contribution in [0.3, 0.4) is 0 Å². The van der Waals surface area contributed by atoms with Crippen molar-refractivity contribution in [1.82, 2.24) is 5.32 Å². The highest BCUT2D eigenvalue weighted by Crippen LogP contribution is 2.39. The Kier molecular flexibility index (Phi) is 9.19. The molecule has 1 unspecified atom stereocenters. The van der Waals surface area contributed by atoms with Crippen molar-refractivity contribution >= 4 is 33.5 Å². The van der Waals surface area contributed by atoms with Crippen molar-refractivity contribution in [1.29, 1.82) is 0 Å². The van der Waals surface area contributed by atoms with E-state index in [1.165, 1.54) is 0 Å². The number of hydrogen-bond donors (Lipinski definition) is 2. The number of amides is 2. The van der Waals surface area contributed by atoms with Gasteiger partial charge in [-0.05, 0) is 71.8 Å². The molecule has 0 fully saturated rings. The van der Waals surface area contributed by atoms with Gasteiger partial charge < -0.3 is 9.73 Å².